The molecule has 1 rings (SSSR count). The molecular weight excluding hydrogens is 280 g/mol. The lowest BCUT2D eigenvalue weighted by Crippen LogP contribution is -2.67. The topological polar surface area (TPSA) is 24.1 Å². The molecule has 0 saturated heterocycles. The third-order valence-electron chi connectivity index (χ3n) is 5.27. The zero-order valence-corrected chi connectivity index (χ0v) is 16.8. The predicted octanol–water partition coefficient (Wildman–Crippen LogP) is 4.89. The zero-order valence-electron chi connectivity index (χ0n) is 16.8. The van der Waals surface area contributed by atoms with E-state index < -0.39 is 0 Å². The SMILES string of the molecule is CCNC(C)(C)C(C)(C)NC(C)(C)CC(C)(C)c1ccccc1. The predicted molar refractivity (Wildman–Crippen MR) is 103 cm³/mol. The van der Waals surface area contributed by atoms with E-state index in [4.69, 9.17) is 0 Å². The normalized spacial score (nSPS) is 14.1. The average Bonchev–Trinajstić information content (AvgIpc) is 2.36. The van der Waals surface area contributed by atoms with Crippen LogP contribution in [0.15, 0.2) is 30.3 Å². The van der Waals surface area contributed by atoms with E-state index in [1.165, 1.54) is 5.56 Å². The highest BCUT2D eigenvalue weighted by Crippen LogP contribution is 2.34. The van der Waals surface area contributed by atoms with Gasteiger partial charge in [0.15, 0.2) is 0 Å². The van der Waals surface area contributed by atoms with Gasteiger partial charge in [0.2, 0.25) is 0 Å². The van der Waals surface area contributed by atoms with Gasteiger partial charge < -0.3 is 10.6 Å². The summed E-state index contributed by atoms with van der Waals surface area (Å²) in [5.41, 5.74) is 1.58. The minimum absolute atomic E-state index is 0.0146. The standard InChI is InChI=1S/C21H38N2/c1-10-22-20(6,7)21(8,9)23-19(4,5)16-18(2,3)17-14-12-11-13-15-17/h11-15,22-23H,10,16H2,1-9H3. The van der Waals surface area contributed by atoms with E-state index in [1.54, 1.807) is 0 Å². The molecule has 0 amide bonds. The van der Waals surface area contributed by atoms with Crippen molar-refractivity contribution in [2.24, 2.45) is 0 Å². The number of rotatable bonds is 8. The first-order valence-electron chi connectivity index (χ1n) is 8.93. The Morgan fingerprint density at radius 3 is 1.78 bits per heavy atom. The minimum atomic E-state index is -0.0146. The summed E-state index contributed by atoms with van der Waals surface area (Å²) in [5, 5.41) is 7.54. The van der Waals surface area contributed by atoms with E-state index in [0.29, 0.717) is 0 Å². The average molecular weight is 319 g/mol. The van der Waals surface area contributed by atoms with Gasteiger partial charge in [-0.3, -0.25) is 0 Å². The second-order valence-electron chi connectivity index (χ2n) is 9.22. The Kier molecular flexibility index (Phi) is 6.09. The molecule has 2 N–H and O–H groups in total. The largest absolute Gasteiger partial charge is 0.310 e. The second kappa shape index (κ2) is 6.94. The lowest BCUT2D eigenvalue weighted by molar-refractivity contribution is 0.133. The van der Waals surface area contributed by atoms with Gasteiger partial charge in [-0.2, -0.15) is 0 Å². The van der Waals surface area contributed by atoms with Crippen molar-refractivity contribution in [2.75, 3.05) is 6.54 Å². The van der Waals surface area contributed by atoms with Gasteiger partial charge in [-0.05, 0) is 65.5 Å². The van der Waals surface area contributed by atoms with Crippen molar-refractivity contribution >= 4 is 0 Å². The summed E-state index contributed by atoms with van der Waals surface area (Å²) in [6.07, 6.45) is 1.08. The Hall–Kier alpha value is -0.860. The van der Waals surface area contributed by atoms with Crippen molar-refractivity contribution in [3.63, 3.8) is 0 Å². The van der Waals surface area contributed by atoms with Gasteiger partial charge in [-0.25, -0.2) is 0 Å². The number of likely N-dealkylation sites (N-methyl/N-ethyl adjacent to an activating group) is 1. The number of benzene rings is 1. The Morgan fingerprint density at radius 1 is 0.783 bits per heavy atom. The molecule has 0 radical (unpaired) electrons. The van der Waals surface area contributed by atoms with Crippen LogP contribution in [0.4, 0.5) is 0 Å². The molecule has 0 saturated carbocycles. The molecule has 1 aromatic carbocycles. The van der Waals surface area contributed by atoms with Crippen molar-refractivity contribution < 1.29 is 0 Å². The van der Waals surface area contributed by atoms with E-state index in [2.05, 4.69) is 103 Å². The highest BCUT2D eigenvalue weighted by atomic mass is 15.1. The Morgan fingerprint density at radius 2 is 1.30 bits per heavy atom. The first-order valence-corrected chi connectivity index (χ1v) is 8.93. The van der Waals surface area contributed by atoms with Crippen molar-refractivity contribution in [2.45, 2.75) is 90.8 Å². The maximum Gasteiger partial charge on any atom is 0.0306 e. The smallest absolute Gasteiger partial charge is 0.0306 e. The summed E-state index contributed by atoms with van der Waals surface area (Å²) in [6, 6.07) is 10.8. The van der Waals surface area contributed by atoms with E-state index in [-0.39, 0.29) is 22.0 Å². The van der Waals surface area contributed by atoms with Crippen molar-refractivity contribution in [1.29, 1.82) is 0 Å². The van der Waals surface area contributed by atoms with Crippen LogP contribution in [0, 0.1) is 0 Å². The summed E-state index contributed by atoms with van der Waals surface area (Å²) >= 11 is 0. The van der Waals surface area contributed by atoms with Gasteiger partial charge in [0.1, 0.15) is 0 Å². The van der Waals surface area contributed by atoms with Crippen LogP contribution in [0.1, 0.15) is 74.3 Å². The Balaban J connectivity index is 2.91. The number of hydrogen-bond acceptors (Lipinski definition) is 2. The molecule has 2 nitrogen and oxygen atoms in total. The van der Waals surface area contributed by atoms with Gasteiger partial charge in [-0.1, -0.05) is 51.1 Å². The van der Waals surface area contributed by atoms with E-state index in [1.807, 2.05) is 0 Å². The molecule has 0 atom stereocenters. The molecular formula is C21H38N2. The van der Waals surface area contributed by atoms with Gasteiger partial charge in [0, 0.05) is 16.6 Å². The molecule has 0 aliphatic heterocycles. The molecule has 0 aromatic heterocycles. The Labute approximate surface area is 144 Å². The summed E-state index contributed by atoms with van der Waals surface area (Å²) in [7, 11) is 0. The highest BCUT2D eigenvalue weighted by molar-refractivity contribution is 5.24. The monoisotopic (exact) mass is 318 g/mol. The lowest BCUT2D eigenvalue weighted by Gasteiger charge is -2.49. The van der Waals surface area contributed by atoms with Crippen molar-refractivity contribution in [3.8, 4) is 0 Å². The van der Waals surface area contributed by atoms with Crippen LogP contribution < -0.4 is 10.6 Å². The van der Waals surface area contributed by atoms with Crippen LogP contribution >= 0.6 is 0 Å². The molecule has 2 heteroatoms. The van der Waals surface area contributed by atoms with Crippen LogP contribution in [-0.4, -0.2) is 23.2 Å². The van der Waals surface area contributed by atoms with E-state index in [0.717, 1.165) is 13.0 Å². The van der Waals surface area contributed by atoms with Crippen LogP contribution in [0.25, 0.3) is 0 Å². The summed E-state index contributed by atoms with van der Waals surface area (Å²) in [6.45, 7) is 21.6. The van der Waals surface area contributed by atoms with Crippen molar-refractivity contribution in [1.82, 2.24) is 10.6 Å². The first-order chi connectivity index (χ1) is 10.3. The molecule has 0 unspecified atom stereocenters. The van der Waals surface area contributed by atoms with Crippen LogP contribution in [0.2, 0.25) is 0 Å². The summed E-state index contributed by atoms with van der Waals surface area (Å²) < 4.78 is 0. The van der Waals surface area contributed by atoms with Crippen LogP contribution in [0.5, 0.6) is 0 Å². The van der Waals surface area contributed by atoms with Gasteiger partial charge >= 0.3 is 0 Å². The molecule has 0 fully saturated rings. The number of nitrogens with one attached hydrogen (secondary N) is 2. The molecule has 132 valence electrons. The van der Waals surface area contributed by atoms with E-state index >= 15 is 0 Å². The Bertz CT molecular complexity index is 484. The molecule has 0 bridgehead atoms. The highest BCUT2D eigenvalue weighted by Gasteiger charge is 2.41. The van der Waals surface area contributed by atoms with E-state index in [9.17, 15) is 0 Å². The van der Waals surface area contributed by atoms with Gasteiger partial charge in [0.05, 0.1) is 0 Å². The van der Waals surface area contributed by atoms with Crippen LogP contribution in [-0.2, 0) is 5.41 Å². The molecule has 23 heavy (non-hydrogen) atoms. The quantitative estimate of drug-likeness (QED) is 0.713. The minimum Gasteiger partial charge on any atom is -0.310 e. The maximum absolute atomic E-state index is 3.92. The van der Waals surface area contributed by atoms with Gasteiger partial charge in [-0.15, -0.1) is 0 Å². The summed E-state index contributed by atoms with van der Waals surface area (Å²) in [4.78, 5) is 0. The number of hydrogen-bond donors (Lipinski definition) is 2. The third-order valence-corrected chi connectivity index (χ3v) is 5.27. The first kappa shape index (κ1) is 20.2. The molecule has 0 aliphatic rings. The summed E-state index contributed by atoms with van der Waals surface area (Å²) in [5.74, 6) is 0. The van der Waals surface area contributed by atoms with Crippen LogP contribution in [0.3, 0.4) is 0 Å². The zero-order chi connectivity index (χ0) is 17.9. The van der Waals surface area contributed by atoms with Crippen molar-refractivity contribution in [3.05, 3.63) is 35.9 Å². The fraction of sp³-hybridized carbons (Fsp3) is 0.714. The maximum atomic E-state index is 3.92. The van der Waals surface area contributed by atoms with Gasteiger partial charge in [0.25, 0.3) is 0 Å². The molecule has 0 aliphatic carbocycles. The molecule has 0 heterocycles. The third kappa shape index (κ3) is 5.32. The fourth-order valence-corrected chi connectivity index (χ4v) is 3.81. The molecule has 1 aromatic rings. The molecule has 0 spiro atoms. The lowest BCUT2D eigenvalue weighted by atomic mass is 9.73. The fourth-order valence-electron chi connectivity index (χ4n) is 3.81. The second-order valence-corrected chi connectivity index (χ2v) is 9.22.